The number of ketones is 1. The molecule has 64 heavy (non-hydrogen) atoms. The Kier molecular flexibility index (Phi) is 13.0. The summed E-state index contributed by atoms with van der Waals surface area (Å²) in [4.78, 5) is 79.6. The molecule has 0 atom stereocenters. The summed E-state index contributed by atoms with van der Waals surface area (Å²) in [7, 11) is 0. The Hall–Kier alpha value is -7.05. The van der Waals surface area contributed by atoms with E-state index in [0.717, 1.165) is 36.9 Å². The van der Waals surface area contributed by atoms with E-state index in [1.54, 1.807) is 42.1 Å². The van der Waals surface area contributed by atoms with Crippen LogP contribution in [0.5, 0.6) is 5.75 Å². The topological polar surface area (TPSA) is 238 Å². The zero-order valence-electron chi connectivity index (χ0n) is 35.4. The van der Waals surface area contributed by atoms with Crippen LogP contribution >= 0.6 is 0 Å². The summed E-state index contributed by atoms with van der Waals surface area (Å²) in [5.74, 6) is 0.630. The fraction of sp³-hybridized carbons (Fsp3) is 0.422. The van der Waals surface area contributed by atoms with Crippen molar-refractivity contribution in [1.29, 1.82) is 0 Å². The van der Waals surface area contributed by atoms with Crippen LogP contribution in [-0.2, 0) is 34.0 Å². The molecule has 4 saturated carbocycles. The van der Waals surface area contributed by atoms with Crippen molar-refractivity contribution in [2.45, 2.75) is 97.2 Å². The molecule has 18 nitrogen and oxygen atoms in total. The quantitative estimate of drug-likeness (QED) is 0.123. The third-order valence-corrected chi connectivity index (χ3v) is 12.8. The van der Waals surface area contributed by atoms with Crippen LogP contribution in [0, 0.1) is 22.6 Å². The Labute approximate surface area is 368 Å². The predicted octanol–water partition coefficient (Wildman–Crippen LogP) is 5.39. The summed E-state index contributed by atoms with van der Waals surface area (Å²) in [6.07, 6.45) is 13.1. The first-order valence-corrected chi connectivity index (χ1v) is 21.6. The van der Waals surface area contributed by atoms with Crippen molar-refractivity contribution in [2.75, 3.05) is 17.2 Å². The van der Waals surface area contributed by atoms with Crippen LogP contribution < -0.4 is 26.0 Å². The summed E-state index contributed by atoms with van der Waals surface area (Å²) in [6.45, 7) is 2.89. The number of benzene rings is 2. The molecule has 19 heteroatoms. The molecule has 1 aliphatic heterocycles. The second-order valence-electron chi connectivity index (χ2n) is 17.0. The highest BCUT2D eigenvalue weighted by Gasteiger charge is 2.54. The summed E-state index contributed by atoms with van der Waals surface area (Å²) in [6, 6.07) is 14.2. The zero-order valence-corrected chi connectivity index (χ0v) is 35.4. The second kappa shape index (κ2) is 19.1. The number of ether oxygens (including phenoxy) is 1. The molecular weight excluding hydrogens is 824 g/mol. The van der Waals surface area contributed by atoms with Crippen LogP contribution in [0.15, 0.2) is 67.3 Å². The number of rotatable bonds is 12. The third kappa shape index (κ3) is 10.2. The van der Waals surface area contributed by atoms with E-state index in [-0.39, 0.29) is 71.6 Å². The lowest BCUT2D eigenvalue weighted by molar-refractivity contribution is -0.145. The van der Waals surface area contributed by atoms with E-state index in [0.29, 0.717) is 48.1 Å². The van der Waals surface area contributed by atoms with Gasteiger partial charge in [-0.1, -0.05) is 37.5 Å². The molecule has 0 spiro atoms. The van der Waals surface area contributed by atoms with Gasteiger partial charge in [-0.3, -0.25) is 24.0 Å². The number of fused-ring (bicyclic) bond motifs is 4. The van der Waals surface area contributed by atoms with Crippen molar-refractivity contribution in [3.8, 4) is 17.3 Å². The van der Waals surface area contributed by atoms with Gasteiger partial charge in [0.15, 0.2) is 6.61 Å². The van der Waals surface area contributed by atoms with Gasteiger partial charge in [-0.2, -0.15) is 4.80 Å². The molecule has 4 aliphatic carbocycles. The molecule has 0 unspecified atom stereocenters. The molecule has 3 aromatic heterocycles. The van der Waals surface area contributed by atoms with Gasteiger partial charge in [-0.25, -0.2) is 24.3 Å². The molecule has 4 amide bonds. The molecule has 0 saturated heterocycles. The fourth-order valence-electron chi connectivity index (χ4n) is 8.87. The van der Waals surface area contributed by atoms with Crippen LogP contribution in [0.25, 0.3) is 11.5 Å². The molecule has 4 N–H and O–H groups in total. The predicted molar refractivity (Wildman–Crippen MR) is 229 cm³/mol. The smallest absolute Gasteiger partial charge is 0.270 e. The maximum Gasteiger partial charge on any atom is 0.270 e. The van der Waals surface area contributed by atoms with E-state index in [4.69, 9.17) is 4.74 Å². The van der Waals surface area contributed by atoms with Crippen LogP contribution in [-0.4, -0.2) is 76.2 Å². The minimum Gasteiger partial charge on any atom is -0.482 e. The Bertz CT molecular complexity index is 2520. The first kappa shape index (κ1) is 43.6. The molecule has 4 heterocycles. The van der Waals surface area contributed by atoms with Crippen LogP contribution in [0.4, 0.5) is 15.9 Å². The molecule has 332 valence electrons. The minimum absolute atomic E-state index is 0.00231. The van der Waals surface area contributed by atoms with E-state index in [9.17, 15) is 28.4 Å². The molecular formula is C45H49FN12O6. The summed E-state index contributed by atoms with van der Waals surface area (Å²) >= 11 is 0. The van der Waals surface area contributed by atoms with Crippen molar-refractivity contribution < 1.29 is 33.1 Å². The lowest BCUT2D eigenvalue weighted by Gasteiger charge is -2.51. The van der Waals surface area contributed by atoms with Crippen LogP contribution in [0.1, 0.15) is 110 Å². The number of anilines is 2. The van der Waals surface area contributed by atoms with Crippen LogP contribution in [0.3, 0.4) is 0 Å². The molecule has 2 bridgehead atoms. The number of amides is 4. The highest BCUT2D eigenvalue weighted by atomic mass is 19.1. The first-order valence-electron chi connectivity index (χ1n) is 21.6. The van der Waals surface area contributed by atoms with Gasteiger partial charge >= 0.3 is 0 Å². The molecule has 5 aromatic rings. The van der Waals surface area contributed by atoms with Gasteiger partial charge in [0.05, 0.1) is 12.2 Å². The molecule has 2 aromatic carbocycles. The Morgan fingerprint density at radius 2 is 1.44 bits per heavy atom. The van der Waals surface area contributed by atoms with Crippen molar-refractivity contribution in [2.24, 2.45) is 16.7 Å². The molecule has 5 aliphatic rings. The monoisotopic (exact) mass is 872 g/mol. The van der Waals surface area contributed by atoms with Crippen molar-refractivity contribution in [3.63, 3.8) is 0 Å². The maximum atomic E-state index is 13.1. The number of hydrogen-bond acceptors (Lipinski definition) is 13. The Morgan fingerprint density at radius 1 is 0.797 bits per heavy atom. The average molecular weight is 873 g/mol. The zero-order chi connectivity index (χ0) is 44.7. The maximum absolute atomic E-state index is 13.1. The highest BCUT2D eigenvalue weighted by molar-refractivity contribution is 5.98. The van der Waals surface area contributed by atoms with Crippen LogP contribution in [0.2, 0.25) is 0 Å². The van der Waals surface area contributed by atoms with Crippen molar-refractivity contribution in [3.05, 3.63) is 95.6 Å². The van der Waals surface area contributed by atoms with Gasteiger partial charge < -0.3 is 26.0 Å². The van der Waals surface area contributed by atoms with Gasteiger partial charge in [0.25, 0.3) is 17.7 Å². The number of aromatic nitrogens is 8. The summed E-state index contributed by atoms with van der Waals surface area (Å²) in [5.41, 5.74) is 2.22. The van der Waals surface area contributed by atoms with Gasteiger partial charge in [-0.05, 0) is 111 Å². The fourth-order valence-corrected chi connectivity index (χ4v) is 8.87. The molecule has 4 fully saturated rings. The van der Waals surface area contributed by atoms with E-state index in [2.05, 4.69) is 56.6 Å². The lowest BCUT2D eigenvalue weighted by Crippen LogP contribution is -2.50. The van der Waals surface area contributed by atoms with Gasteiger partial charge in [0.1, 0.15) is 52.9 Å². The van der Waals surface area contributed by atoms with Crippen molar-refractivity contribution >= 4 is 40.9 Å². The number of hydrogen-bond donors (Lipinski definition) is 4. The lowest BCUT2D eigenvalue weighted by atomic mass is 9.52. The highest BCUT2D eigenvalue weighted by Crippen LogP contribution is 2.57. The largest absolute Gasteiger partial charge is 0.482 e. The first-order chi connectivity index (χ1) is 31.0. The number of nitrogens with zero attached hydrogens (tertiary/aromatic N) is 8. The number of nitrogens with one attached hydrogen (secondary N) is 4. The summed E-state index contributed by atoms with van der Waals surface area (Å²) in [5, 5.41) is 23.9. The van der Waals surface area contributed by atoms with E-state index >= 15 is 0 Å². The SMILES string of the molecule is CC(=O)C12CCC(C(=O)Nc3cc(C(=O)NCc4ccc(F)cc4)ncn3)(CC1)CC2.O=C1COc2ccc(CNC(=O)c3cc(-c4nnn(CC5CCCCC5)n4)ncn3)cc2N1. The average Bonchev–Trinajstić information content (AvgIpc) is 3.80. The molecule has 0 radical (unpaired) electrons. The third-order valence-electron chi connectivity index (χ3n) is 12.8. The normalized spacial score (nSPS) is 20.1. The van der Waals surface area contributed by atoms with Gasteiger partial charge in [0.2, 0.25) is 11.7 Å². The van der Waals surface area contributed by atoms with Gasteiger partial charge in [-0.15, -0.1) is 10.2 Å². The number of carbonyl (C=O) groups is 5. The second-order valence-corrected chi connectivity index (χ2v) is 17.0. The Morgan fingerprint density at radius 3 is 2.14 bits per heavy atom. The number of Topliss-reactive ketones (excluding diaryl/α,β-unsaturated/α-hetero) is 1. The molecule has 10 rings (SSSR count). The Balaban J connectivity index is 0.000000175. The number of carbonyl (C=O) groups excluding carboxylic acids is 5. The standard InChI is InChI=1S/C23H25FN4O3.C22H24N8O3/c1-15(29)22-6-9-23(10-7-22,11-8-22)21(31)28-19-12-18(26-14-27-19)20(30)25-13-16-2-4-17(24)5-3-16;31-20-12-33-19-7-6-15(8-16(19)26-20)10-23-22(32)18-9-17(24-13-25-18)21-27-29-30(28-21)11-14-4-2-1-3-5-14/h2-5,12,14H,6-11,13H2,1H3,(H,25,30)(H,26,27,28,31);6-9,13-14H,1-5,10-12H2,(H,23,32)(H,26,31). The minimum atomic E-state index is -0.479. The van der Waals surface area contributed by atoms with Gasteiger partial charge in [0, 0.05) is 30.0 Å². The van der Waals surface area contributed by atoms with E-state index in [1.165, 1.54) is 63.0 Å². The number of tetrazole rings is 1. The van der Waals surface area contributed by atoms with Crippen molar-refractivity contribution in [1.82, 2.24) is 50.8 Å². The summed E-state index contributed by atoms with van der Waals surface area (Å²) < 4.78 is 18.3. The van der Waals surface area contributed by atoms with E-state index < -0.39 is 11.3 Å². The number of halogens is 1. The van der Waals surface area contributed by atoms with E-state index in [1.807, 2.05) is 6.07 Å².